The Morgan fingerprint density at radius 3 is 2.83 bits per heavy atom. The van der Waals surface area contributed by atoms with Gasteiger partial charge in [0.2, 0.25) is 0 Å². The van der Waals surface area contributed by atoms with Gasteiger partial charge in [-0.1, -0.05) is 0 Å². The van der Waals surface area contributed by atoms with Crippen molar-refractivity contribution in [2.24, 2.45) is 0 Å². The molecule has 1 aromatic heterocycles. The number of hydrogen-bond donors (Lipinski definition) is 1. The zero-order chi connectivity index (χ0) is 13.1. The predicted octanol–water partition coefficient (Wildman–Crippen LogP) is 3.00. The number of rotatable bonds is 4. The smallest absolute Gasteiger partial charge is 0.338 e. The van der Waals surface area contributed by atoms with E-state index in [9.17, 15) is 9.18 Å². The van der Waals surface area contributed by atoms with Crippen LogP contribution in [0, 0.1) is 12.7 Å². The number of halogens is 1. The van der Waals surface area contributed by atoms with E-state index in [0.717, 1.165) is 6.26 Å². The normalized spacial score (nSPS) is 10.3. The van der Waals surface area contributed by atoms with Crippen molar-refractivity contribution >= 4 is 5.97 Å². The van der Waals surface area contributed by atoms with Crippen molar-refractivity contribution < 1.29 is 23.4 Å². The van der Waals surface area contributed by atoms with Crippen LogP contribution in [0.4, 0.5) is 4.39 Å². The van der Waals surface area contributed by atoms with Gasteiger partial charge in [0.1, 0.15) is 30.2 Å². The van der Waals surface area contributed by atoms with E-state index < -0.39 is 5.97 Å². The molecule has 0 saturated heterocycles. The third kappa shape index (κ3) is 2.68. The second-order valence-corrected chi connectivity index (χ2v) is 3.81. The summed E-state index contributed by atoms with van der Waals surface area (Å²) in [5.74, 6) is -0.449. The molecule has 94 valence electrons. The third-order valence-electron chi connectivity index (χ3n) is 2.41. The molecule has 0 radical (unpaired) electrons. The summed E-state index contributed by atoms with van der Waals surface area (Å²) in [5.41, 5.74) is 0.740. The Balaban J connectivity index is 2.04. The number of hydrogen-bond acceptors (Lipinski definition) is 3. The van der Waals surface area contributed by atoms with Gasteiger partial charge in [-0.05, 0) is 36.8 Å². The molecule has 2 rings (SSSR count). The molecule has 0 unspecified atom stereocenters. The fourth-order valence-electron chi connectivity index (χ4n) is 1.49. The van der Waals surface area contributed by atoms with Crippen molar-refractivity contribution in [3.05, 3.63) is 53.2 Å². The fraction of sp³-hybridized carbons (Fsp3) is 0.154. The van der Waals surface area contributed by atoms with Gasteiger partial charge in [-0.2, -0.15) is 0 Å². The first-order valence-corrected chi connectivity index (χ1v) is 5.26. The van der Waals surface area contributed by atoms with Crippen molar-refractivity contribution in [1.29, 1.82) is 0 Å². The van der Waals surface area contributed by atoms with Crippen LogP contribution in [-0.4, -0.2) is 11.1 Å². The van der Waals surface area contributed by atoms with Crippen molar-refractivity contribution in [3.63, 3.8) is 0 Å². The first kappa shape index (κ1) is 12.2. The molecule has 4 nitrogen and oxygen atoms in total. The summed E-state index contributed by atoms with van der Waals surface area (Å²) in [4.78, 5) is 10.6. The van der Waals surface area contributed by atoms with E-state index in [1.54, 1.807) is 6.92 Å². The van der Waals surface area contributed by atoms with E-state index in [2.05, 4.69) is 0 Å². The van der Waals surface area contributed by atoms with E-state index >= 15 is 0 Å². The number of aromatic carboxylic acids is 1. The number of aryl methyl sites for hydroxylation is 1. The molecule has 1 aromatic carbocycles. The molecule has 0 aliphatic heterocycles. The van der Waals surface area contributed by atoms with Gasteiger partial charge in [0.25, 0.3) is 0 Å². The molecule has 0 saturated carbocycles. The van der Waals surface area contributed by atoms with E-state index in [0.29, 0.717) is 17.1 Å². The molecule has 1 heterocycles. The lowest BCUT2D eigenvalue weighted by atomic mass is 10.2. The summed E-state index contributed by atoms with van der Waals surface area (Å²) in [6.45, 7) is 1.82. The molecule has 0 fully saturated rings. The van der Waals surface area contributed by atoms with Gasteiger partial charge in [-0.3, -0.25) is 0 Å². The summed E-state index contributed by atoms with van der Waals surface area (Å²) in [5, 5.41) is 8.72. The van der Waals surface area contributed by atoms with E-state index in [4.69, 9.17) is 14.3 Å². The van der Waals surface area contributed by atoms with E-state index in [1.165, 1.54) is 24.3 Å². The summed E-state index contributed by atoms with van der Waals surface area (Å²) in [6.07, 6.45) is 1.15. The molecule has 0 spiro atoms. The van der Waals surface area contributed by atoms with Gasteiger partial charge in [0.15, 0.2) is 0 Å². The summed E-state index contributed by atoms with van der Waals surface area (Å²) in [6, 6.07) is 5.57. The summed E-state index contributed by atoms with van der Waals surface area (Å²) in [7, 11) is 0. The maximum Gasteiger partial charge on any atom is 0.338 e. The number of furan rings is 1. The van der Waals surface area contributed by atoms with E-state index in [1.807, 2.05) is 0 Å². The van der Waals surface area contributed by atoms with Crippen molar-refractivity contribution in [1.82, 2.24) is 0 Å². The first-order chi connectivity index (χ1) is 8.56. The molecule has 5 heteroatoms. The van der Waals surface area contributed by atoms with Crippen molar-refractivity contribution in [3.8, 4) is 5.75 Å². The van der Waals surface area contributed by atoms with Crippen LogP contribution in [0.5, 0.6) is 5.75 Å². The second-order valence-electron chi connectivity index (χ2n) is 3.81. The number of carbonyl (C=O) groups is 1. The highest BCUT2D eigenvalue weighted by Crippen LogP contribution is 2.20. The highest BCUT2D eigenvalue weighted by atomic mass is 19.1. The van der Waals surface area contributed by atoms with Crippen LogP contribution in [0.3, 0.4) is 0 Å². The monoisotopic (exact) mass is 250 g/mol. The van der Waals surface area contributed by atoms with Gasteiger partial charge < -0.3 is 14.3 Å². The molecule has 18 heavy (non-hydrogen) atoms. The Kier molecular flexibility index (Phi) is 3.32. The molecule has 0 atom stereocenters. The van der Waals surface area contributed by atoms with Gasteiger partial charge >= 0.3 is 5.97 Å². The van der Waals surface area contributed by atoms with Crippen LogP contribution in [0.1, 0.15) is 21.7 Å². The van der Waals surface area contributed by atoms with Crippen LogP contribution in [0.25, 0.3) is 0 Å². The Bertz CT molecular complexity index is 574. The second kappa shape index (κ2) is 4.91. The predicted molar refractivity (Wildman–Crippen MR) is 61.1 cm³/mol. The van der Waals surface area contributed by atoms with Crippen LogP contribution >= 0.6 is 0 Å². The minimum atomic E-state index is -1.05. The molecule has 1 N–H and O–H groups in total. The Labute approximate surface area is 103 Å². The van der Waals surface area contributed by atoms with Crippen LogP contribution in [-0.2, 0) is 6.61 Å². The maximum atomic E-state index is 12.9. The third-order valence-corrected chi connectivity index (χ3v) is 2.41. The summed E-state index contributed by atoms with van der Waals surface area (Å²) < 4.78 is 23.3. The largest absolute Gasteiger partial charge is 0.485 e. The fourth-order valence-corrected chi connectivity index (χ4v) is 1.49. The SMILES string of the molecule is Cc1cc(F)ccc1OCc1cc(C(=O)O)co1. The number of carboxylic acid groups (broad SMARTS) is 1. The lowest BCUT2D eigenvalue weighted by Crippen LogP contribution is -1.97. The minimum Gasteiger partial charge on any atom is -0.485 e. The quantitative estimate of drug-likeness (QED) is 0.906. The van der Waals surface area contributed by atoms with Crippen LogP contribution in [0.15, 0.2) is 34.9 Å². The van der Waals surface area contributed by atoms with Crippen molar-refractivity contribution in [2.75, 3.05) is 0 Å². The van der Waals surface area contributed by atoms with Gasteiger partial charge in [-0.25, -0.2) is 9.18 Å². The lowest BCUT2D eigenvalue weighted by Gasteiger charge is -2.07. The molecular weight excluding hydrogens is 239 g/mol. The molecule has 0 aliphatic carbocycles. The minimum absolute atomic E-state index is 0.0735. The zero-order valence-corrected chi connectivity index (χ0v) is 9.64. The molecule has 0 bridgehead atoms. The van der Waals surface area contributed by atoms with Gasteiger partial charge in [0, 0.05) is 0 Å². The topological polar surface area (TPSA) is 59.7 Å². The standard InChI is InChI=1S/C13H11FO4/c1-8-4-10(14)2-3-12(8)18-7-11-5-9(6-17-11)13(15)16/h2-6H,7H2,1H3,(H,15,16). The number of carboxylic acids is 1. The Hall–Kier alpha value is -2.30. The Morgan fingerprint density at radius 1 is 1.44 bits per heavy atom. The average Bonchev–Trinajstić information content (AvgIpc) is 2.76. The van der Waals surface area contributed by atoms with Gasteiger partial charge in [-0.15, -0.1) is 0 Å². The highest BCUT2D eigenvalue weighted by molar-refractivity contribution is 5.87. The zero-order valence-electron chi connectivity index (χ0n) is 9.64. The summed E-state index contributed by atoms with van der Waals surface area (Å²) >= 11 is 0. The van der Waals surface area contributed by atoms with Crippen molar-refractivity contribution in [2.45, 2.75) is 13.5 Å². The molecule has 0 amide bonds. The Morgan fingerprint density at radius 2 is 2.22 bits per heavy atom. The van der Waals surface area contributed by atoms with E-state index in [-0.39, 0.29) is 18.0 Å². The average molecular weight is 250 g/mol. The van der Waals surface area contributed by atoms with Gasteiger partial charge in [0.05, 0.1) is 5.56 Å². The maximum absolute atomic E-state index is 12.9. The number of benzene rings is 1. The number of ether oxygens (including phenoxy) is 1. The first-order valence-electron chi connectivity index (χ1n) is 5.26. The van der Waals surface area contributed by atoms with Crippen LogP contribution in [0.2, 0.25) is 0 Å². The molecule has 2 aromatic rings. The highest BCUT2D eigenvalue weighted by Gasteiger charge is 2.09. The molecule has 0 aliphatic rings. The lowest BCUT2D eigenvalue weighted by molar-refractivity contribution is 0.0696. The van der Waals surface area contributed by atoms with Crippen LogP contribution < -0.4 is 4.74 Å². The molecular formula is C13H11FO4.